The molecule has 0 atom stereocenters. The monoisotopic (exact) mass is 231 g/mol. The highest BCUT2D eigenvalue weighted by Gasteiger charge is 2.21. The summed E-state index contributed by atoms with van der Waals surface area (Å²) in [5, 5.41) is 14.1. The van der Waals surface area contributed by atoms with E-state index in [4.69, 9.17) is 4.42 Å². The van der Waals surface area contributed by atoms with E-state index in [9.17, 15) is 0 Å². The summed E-state index contributed by atoms with van der Waals surface area (Å²) in [5.74, 6) is 2.12. The van der Waals surface area contributed by atoms with Crippen LogP contribution in [0.2, 0.25) is 0 Å². The van der Waals surface area contributed by atoms with Crippen molar-refractivity contribution in [2.24, 2.45) is 0 Å². The van der Waals surface area contributed by atoms with Crippen molar-refractivity contribution in [1.29, 1.82) is 0 Å². The van der Waals surface area contributed by atoms with Gasteiger partial charge in [-0.2, -0.15) is 10.1 Å². The van der Waals surface area contributed by atoms with Gasteiger partial charge in [0.05, 0.1) is 19.0 Å². The van der Waals surface area contributed by atoms with Gasteiger partial charge in [0, 0.05) is 6.04 Å². The lowest BCUT2D eigenvalue weighted by Crippen LogP contribution is -2.08. The van der Waals surface area contributed by atoms with Crippen molar-refractivity contribution >= 4 is 11.8 Å². The number of furan rings is 1. The molecular weight excluding hydrogens is 218 g/mol. The third kappa shape index (κ3) is 2.72. The Labute approximate surface area is 98.5 Å². The zero-order valence-corrected chi connectivity index (χ0v) is 9.26. The molecule has 0 spiro atoms. The molecule has 0 unspecified atom stereocenters. The van der Waals surface area contributed by atoms with Crippen LogP contribution in [-0.4, -0.2) is 21.2 Å². The van der Waals surface area contributed by atoms with Gasteiger partial charge in [0.2, 0.25) is 5.95 Å². The maximum Gasteiger partial charge on any atom is 0.245 e. The van der Waals surface area contributed by atoms with Gasteiger partial charge in [-0.15, -0.1) is 5.10 Å². The van der Waals surface area contributed by atoms with Crippen molar-refractivity contribution in [3.63, 3.8) is 0 Å². The van der Waals surface area contributed by atoms with Crippen molar-refractivity contribution in [2.75, 3.05) is 10.6 Å². The minimum atomic E-state index is 0.507. The summed E-state index contributed by atoms with van der Waals surface area (Å²) >= 11 is 0. The Hall–Kier alpha value is -2.11. The molecular formula is C11H13N5O. The van der Waals surface area contributed by atoms with Gasteiger partial charge in [-0.1, -0.05) is 0 Å². The first-order valence-corrected chi connectivity index (χ1v) is 5.63. The molecule has 88 valence electrons. The van der Waals surface area contributed by atoms with Crippen LogP contribution in [-0.2, 0) is 6.54 Å². The summed E-state index contributed by atoms with van der Waals surface area (Å²) in [4.78, 5) is 4.31. The van der Waals surface area contributed by atoms with Gasteiger partial charge in [0.1, 0.15) is 5.76 Å². The fourth-order valence-electron chi connectivity index (χ4n) is 1.46. The number of rotatable bonds is 5. The van der Waals surface area contributed by atoms with Crippen molar-refractivity contribution in [3.8, 4) is 0 Å². The molecule has 2 N–H and O–H groups in total. The van der Waals surface area contributed by atoms with Crippen molar-refractivity contribution < 1.29 is 4.42 Å². The molecule has 0 aromatic carbocycles. The second-order valence-electron chi connectivity index (χ2n) is 4.02. The molecule has 0 aliphatic heterocycles. The van der Waals surface area contributed by atoms with E-state index in [0.29, 0.717) is 18.5 Å². The molecule has 3 rings (SSSR count). The first-order valence-electron chi connectivity index (χ1n) is 5.63. The molecule has 6 nitrogen and oxygen atoms in total. The lowest BCUT2D eigenvalue weighted by molar-refractivity contribution is 0.517. The Kier molecular flexibility index (Phi) is 2.61. The first-order chi connectivity index (χ1) is 8.40. The molecule has 2 aromatic heterocycles. The van der Waals surface area contributed by atoms with E-state index in [-0.39, 0.29) is 0 Å². The summed E-state index contributed by atoms with van der Waals surface area (Å²) in [7, 11) is 0. The van der Waals surface area contributed by atoms with Gasteiger partial charge >= 0.3 is 0 Å². The number of hydrogen-bond acceptors (Lipinski definition) is 6. The predicted molar refractivity (Wildman–Crippen MR) is 62.5 cm³/mol. The molecule has 2 aromatic rings. The van der Waals surface area contributed by atoms with Crippen LogP contribution in [0, 0.1) is 0 Å². The molecule has 0 bridgehead atoms. The second-order valence-corrected chi connectivity index (χ2v) is 4.02. The molecule has 1 saturated carbocycles. The summed E-state index contributed by atoms with van der Waals surface area (Å²) in [5.41, 5.74) is 0. The van der Waals surface area contributed by atoms with Crippen LogP contribution in [0.15, 0.2) is 29.0 Å². The SMILES string of the molecule is c1coc(CNc2nncc(NC3CC3)n2)c1. The number of hydrogen-bond donors (Lipinski definition) is 2. The van der Waals surface area contributed by atoms with Crippen LogP contribution >= 0.6 is 0 Å². The van der Waals surface area contributed by atoms with Crippen LogP contribution in [0.5, 0.6) is 0 Å². The Balaban J connectivity index is 1.61. The normalized spacial score (nSPS) is 14.6. The van der Waals surface area contributed by atoms with Gasteiger partial charge in [-0.25, -0.2) is 0 Å². The molecule has 17 heavy (non-hydrogen) atoms. The molecule has 0 radical (unpaired) electrons. The predicted octanol–water partition coefficient (Wildman–Crippen LogP) is 1.65. The first kappa shape index (κ1) is 10.1. The average molecular weight is 231 g/mol. The third-order valence-electron chi connectivity index (χ3n) is 2.49. The fourth-order valence-corrected chi connectivity index (χ4v) is 1.46. The minimum Gasteiger partial charge on any atom is -0.467 e. The summed E-state index contributed by atoms with van der Waals surface area (Å²) in [6.07, 6.45) is 5.69. The minimum absolute atomic E-state index is 0.507. The summed E-state index contributed by atoms with van der Waals surface area (Å²) in [6.45, 7) is 0.557. The van der Waals surface area contributed by atoms with Crippen LogP contribution < -0.4 is 10.6 Å². The molecule has 1 aliphatic rings. The Morgan fingerprint density at radius 1 is 1.41 bits per heavy atom. The van der Waals surface area contributed by atoms with Crippen LogP contribution in [0.3, 0.4) is 0 Å². The highest BCUT2D eigenvalue weighted by Crippen LogP contribution is 2.23. The number of anilines is 2. The number of aromatic nitrogens is 3. The van der Waals surface area contributed by atoms with E-state index in [1.807, 2.05) is 12.1 Å². The Morgan fingerprint density at radius 3 is 3.12 bits per heavy atom. The van der Waals surface area contributed by atoms with Gasteiger partial charge in [-0.05, 0) is 25.0 Å². The molecule has 0 saturated heterocycles. The highest BCUT2D eigenvalue weighted by atomic mass is 16.3. The van der Waals surface area contributed by atoms with Gasteiger partial charge in [0.15, 0.2) is 5.82 Å². The molecule has 1 fully saturated rings. The molecule has 2 heterocycles. The second kappa shape index (κ2) is 4.40. The van der Waals surface area contributed by atoms with Crippen molar-refractivity contribution in [3.05, 3.63) is 30.4 Å². The quantitative estimate of drug-likeness (QED) is 0.814. The molecule has 0 amide bonds. The van der Waals surface area contributed by atoms with Gasteiger partial charge in [0.25, 0.3) is 0 Å². The molecule has 1 aliphatic carbocycles. The molecule has 6 heteroatoms. The zero-order valence-electron chi connectivity index (χ0n) is 9.26. The average Bonchev–Trinajstić information content (AvgIpc) is 3.00. The van der Waals surface area contributed by atoms with E-state index in [0.717, 1.165) is 11.6 Å². The van der Waals surface area contributed by atoms with Crippen molar-refractivity contribution in [2.45, 2.75) is 25.4 Å². The third-order valence-corrected chi connectivity index (χ3v) is 2.49. The highest BCUT2D eigenvalue weighted by molar-refractivity contribution is 5.39. The summed E-state index contributed by atoms with van der Waals surface area (Å²) in [6, 6.07) is 4.30. The number of nitrogens with one attached hydrogen (secondary N) is 2. The van der Waals surface area contributed by atoms with E-state index >= 15 is 0 Å². The topological polar surface area (TPSA) is 75.9 Å². The van der Waals surface area contributed by atoms with E-state index in [1.54, 1.807) is 12.5 Å². The largest absolute Gasteiger partial charge is 0.467 e. The van der Waals surface area contributed by atoms with E-state index in [2.05, 4.69) is 25.8 Å². The lowest BCUT2D eigenvalue weighted by atomic mass is 10.4. The number of nitrogens with zero attached hydrogens (tertiary/aromatic N) is 3. The fraction of sp³-hybridized carbons (Fsp3) is 0.364. The van der Waals surface area contributed by atoms with Gasteiger partial charge < -0.3 is 15.1 Å². The van der Waals surface area contributed by atoms with E-state index < -0.39 is 0 Å². The standard InChI is InChI=1S/C11H13N5O/c1-2-9(17-5-1)6-12-11-15-10(7-13-16-11)14-8-3-4-8/h1-2,5,7-8H,3-4,6H2,(H2,12,14,15,16). The Morgan fingerprint density at radius 2 is 2.35 bits per heavy atom. The van der Waals surface area contributed by atoms with Crippen molar-refractivity contribution in [1.82, 2.24) is 15.2 Å². The van der Waals surface area contributed by atoms with Gasteiger partial charge in [-0.3, -0.25) is 0 Å². The lowest BCUT2D eigenvalue weighted by Gasteiger charge is -2.05. The van der Waals surface area contributed by atoms with Crippen LogP contribution in [0.25, 0.3) is 0 Å². The van der Waals surface area contributed by atoms with E-state index in [1.165, 1.54) is 12.8 Å². The summed E-state index contributed by atoms with van der Waals surface area (Å²) < 4.78 is 5.21. The maximum absolute atomic E-state index is 5.21. The maximum atomic E-state index is 5.21. The van der Waals surface area contributed by atoms with Crippen LogP contribution in [0.1, 0.15) is 18.6 Å². The smallest absolute Gasteiger partial charge is 0.245 e. The van der Waals surface area contributed by atoms with Crippen LogP contribution in [0.4, 0.5) is 11.8 Å². The zero-order chi connectivity index (χ0) is 11.5. The Bertz CT molecular complexity index is 480.